The Kier molecular flexibility index (Phi) is 5.24. The van der Waals surface area contributed by atoms with Gasteiger partial charge < -0.3 is 14.4 Å². The lowest BCUT2D eigenvalue weighted by Crippen LogP contribution is -2.44. The van der Waals surface area contributed by atoms with Crippen LogP contribution in [0.25, 0.3) is 0 Å². The molecule has 1 aromatic rings. The van der Waals surface area contributed by atoms with E-state index in [1.54, 1.807) is 7.11 Å². The van der Waals surface area contributed by atoms with E-state index in [1.165, 1.54) is 0 Å². The predicted octanol–water partition coefficient (Wildman–Crippen LogP) is 2.93. The number of amides is 1. The van der Waals surface area contributed by atoms with Crippen molar-refractivity contribution in [2.45, 2.75) is 31.8 Å². The van der Waals surface area contributed by atoms with Crippen molar-refractivity contribution in [3.05, 3.63) is 34.9 Å². The first kappa shape index (κ1) is 16.7. The minimum Gasteiger partial charge on any atom is -0.377 e. The molecule has 3 rings (SSSR count). The van der Waals surface area contributed by atoms with Crippen LogP contribution in [0.3, 0.4) is 0 Å². The van der Waals surface area contributed by atoms with Crippen molar-refractivity contribution in [1.29, 1.82) is 0 Å². The second-order valence-electron chi connectivity index (χ2n) is 6.75. The summed E-state index contributed by atoms with van der Waals surface area (Å²) in [7, 11) is 1.56. The van der Waals surface area contributed by atoms with Crippen LogP contribution in [-0.4, -0.2) is 50.3 Å². The Bertz CT molecular complexity index is 555. The Morgan fingerprint density at radius 3 is 2.83 bits per heavy atom. The lowest BCUT2D eigenvalue weighted by Gasteiger charge is -2.38. The van der Waals surface area contributed by atoms with E-state index in [0.29, 0.717) is 0 Å². The molecule has 2 saturated heterocycles. The number of rotatable bonds is 4. The summed E-state index contributed by atoms with van der Waals surface area (Å²) >= 11 is 6.25. The summed E-state index contributed by atoms with van der Waals surface area (Å²) in [4.78, 5) is 13.8. The molecule has 23 heavy (non-hydrogen) atoms. The molecule has 1 atom stereocenters. The average molecular weight is 338 g/mol. The van der Waals surface area contributed by atoms with Gasteiger partial charge in [-0.2, -0.15) is 0 Å². The van der Waals surface area contributed by atoms with E-state index in [9.17, 15) is 4.79 Å². The Balaban J connectivity index is 1.54. The number of nitrogens with zero attached hydrogens (tertiary/aromatic N) is 1. The van der Waals surface area contributed by atoms with E-state index < -0.39 is 0 Å². The molecule has 0 saturated carbocycles. The first-order valence-corrected chi connectivity index (χ1v) is 8.61. The highest BCUT2D eigenvalue weighted by molar-refractivity contribution is 6.31. The molecule has 2 aliphatic heterocycles. The lowest BCUT2D eigenvalue weighted by atomic mass is 9.76. The number of benzene rings is 1. The van der Waals surface area contributed by atoms with Crippen molar-refractivity contribution in [1.82, 2.24) is 4.90 Å². The Morgan fingerprint density at radius 1 is 1.39 bits per heavy atom. The third-order valence-corrected chi connectivity index (χ3v) is 5.50. The van der Waals surface area contributed by atoms with Crippen molar-refractivity contribution in [3.63, 3.8) is 0 Å². The molecule has 4 nitrogen and oxygen atoms in total. The van der Waals surface area contributed by atoms with Gasteiger partial charge in [-0.25, -0.2) is 0 Å². The summed E-state index contributed by atoms with van der Waals surface area (Å²) in [5.74, 6) is 0.0916. The molecule has 5 heteroatoms. The minimum absolute atomic E-state index is 0.0916. The number of carbonyl (C=O) groups excluding carboxylic acids is 1. The normalized spacial score (nSPS) is 23.4. The second-order valence-corrected chi connectivity index (χ2v) is 7.15. The fourth-order valence-corrected chi connectivity index (χ4v) is 3.94. The van der Waals surface area contributed by atoms with Gasteiger partial charge in [0.2, 0.25) is 5.91 Å². The molecule has 0 N–H and O–H groups in total. The maximum absolute atomic E-state index is 11.9. The predicted molar refractivity (Wildman–Crippen MR) is 89.6 cm³/mol. The van der Waals surface area contributed by atoms with E-state index in [0.717, 1.165) is 56.0 Å². The van der Waals surface area contributed by atoms with Crippen LogP contribution in [0.5, 0.6) is 0 Å². The molecule has 2 fully saturated rings. The Hall–Kier alpha value is -1.10. The number of likely N-dealkylation sites (tertiary alicyclic amines) is 1. The van der Waals surface area contributed by atoms with E-state index >= 15 is 0 Å². The maximum atomic E-state index is 11.9. The number of hydrogen-bond acceptors (Lipinski definition) is 3. The molecule has 0 radical (unpaired) electrons. The van der Waals surface area contributed by atoms with Gasteiger partial charge in [-0.1, -0.05) is 29.8 Å². The van der Waals surface area contributed by atoms with Crippen LogP contribution >= 0.6 is 11.6 Å². The highest BCUT2D eigenvalue weighted by Crippen LogP contribution is 2.43. The van der Waals surface area contributed by atoms with Crippen molar-refractivity contribution in [2.75, 3.05) is 33.4 Å². The number of methoxy groups -OCH3 is 1. The van der Waals surface area contributed by atoms with Gasteiger partial charge in [0.1, 0.15) is 6.61 Å². The summed E-state index contributed by atoms with van der Waals surface area (Å²) in [6.45, 7) is 2.60. The quantitative estimate of drug-likeness (QED) is 0.848. The van der Waals surface area contributed by atoms with Crippen molar-refractivity contribution < 1.29 is 14.3 Å². The first-order valence-electron chi connectivity index (χ1n) is 8.24. The van der Waals surface area contributed by atoms with Crippen molar-refractivity contribution in [3.8, 4) is 0 Å². The molecular weight excluding hydrogens is 314 g/mol. The lowest BCUT2D eigenvalue weighted by molar-refractivity contribution is -0.137. The summed E-state index contributed by atoms with van der Waals surface area (Å²) in [5, 5.41) is 0.817. The average Bonchev–Trinajstić information content (AvgIpc) is 2.93. The number of hydrogen-bond donors (Lipinski definition) is 0. The summed E-state index contributed by atoms with van der Waals surface area (Å²) in [6, 6.07) is 7.98. The molecular formula is C18H24ClNO3. The largest absolute Gasteiger partial charge is 0.377 e. The van der Waals surface area contributed by atoms with Crippen LogP contribution in [-0.2, 0) is 20.7 Å². The van der Waals surface area contributed by atoms with E-state index in [1.807, 2.05) is 23.1 Å². The standard InChI is InChI=1S/C18H24ClNO3/c1-22-12-17(21)20-8-6-18(7-9-20)11-15(23-13-18)10-14-4-2-3-5-16(14)19/h2-5,15H,6-13H2,1H3. The molecule has 1 unspecified atom stereocenters. The van der Waals surface area contributed by atoms with Gasteiger partial charge in [0.15, 0.2) is 0 Å². The molecule has 1 amide bonds. The topological polar surface area (TPSA) is 38.8 Å². The molecule has 0 bridgehead atoms. The Morgan fingerprint density at radius 2 is 2.13 bits per heavy atom. The summed E-state index contributed by atoms with van der Waals surface area (Å²) in [6.07, 6.45) is 4.19. The molecule has 1 spiro atoms. The van der Waals surface area contributed by atoms with Gasteiger partial charge in [-0.15, -0.1) is 0 Å². The molecule has 126 valence electrons. The van der Waals surface area contributed by atoms with Gasteiger partial charge in [-0.3, -0.25) is 4.79 Å². The fourth-order valence-electron chi connectivity index (χ4n) is 3.73. The van der Waals surface area contributed by atoms with E-state index in [2.05, 4.69) is 6.07 Å². The molecule has 2 aliphatic rings. The molecule has 2 heterocycles. The number of piperidine rings is 1. The summed E-state index contributed by atoms with van der Waals surface area (Å²) < 4.78 is 11.0. The fraction of sp³-hybridized carbons (Fsp3) is 0.611. The summed E-state index contributed by atoms with van der Waals surface area (Å²) in [5.41, 5.74) is 1.39. The zero-order chi connectivity index (χ0) is 16.3. The van der Waals surface area contributed by atoms with Crippen LogP contribution in [0, 0.1) is 5.41 Å². The minimum atomic E-state index is 0.0916. The van der Waals surface area contributed by atoms with E-state index in [-0.39, 0.29) is 24.0 Å². The third-order valence-electron chi connectivity index (χ3n) is 5.14. The van der Waals surface area contributed by atoms with Crippen molar-refractivity contribution in [2.24, 2.45) is 5.41 Å². The first-order chi connectivity index (χ1) is 11.1. The van der Waals surface area contributed by atoms with Crippen LogP contribution in [0.2, 0.25) is 5.02 Å². The van der Waals surface area contributed by atoms with Gasteiger partial charge in [0.05, 0.1) is 12.7 Å². The van der Waals surface area contributed by atoms with Crippen LogP contribution in [0.1, 0.15) is 24.8 Å². The van der Waals surface area contributed by atoms with Gasteiger partial charge in [-0.05, 0) is 36.3 Å². The maximum Gasteiger partial charge on any atom is 0.248 e. The van der Waals surface area contributed by atoms with Gasteiger partial charge in [0, 0.05) is 31.6 Å². The number of halogens is 1. The smallest absolute Gasteiger partial charge is 0.248 e. The molecule has 1 aromatic carbocycles. The van der Waals surface area contributed by atoms with E-state index in [4.69, 9.17) is 21.1 Å². The highest BCUT2D eigenvalue weighted by Gasteiger charge is 2.43. The Labute approximate surface area is 142 Å². The molecule has 0 aliphatic carbocycles. The molecule has 0 aromatic heterocycles. The number of ether oxygens (including phenoxy) is 2. The SMILES string of the molecule is COCC(=O)N1CCC2(CC1)COC(Cc1ccccc1Cl)C2. The van der Waals surface area contributed by atoms with Crippen LogP contribution in [0.15, 0.2) is 24.3 Å². The van der Waals surface area contributed by atoms with Crippen LogP contribution < -0.4 is 0 Å². The highest BCUT2D eigenvalue weighted by atomic mass is 35.5. The van der Waals surface area contributed by atoms with Gasteiger partial charge >= 0.3 is 0 Å². The zero-order valence-corrected chi connectivity index (χ0v) is 14.3. The zero-order valence-electron chi connectivity index (χ0n) is 13.6. The second kappa shape index (κ2) is 7.20. The third kappa shape index (κ3) is 3.87. The number of carbonyl (C=O) groups is 1. The van der Waals surface area contributed by atoms with Gasteiger partial charge in [0.25, 0.3) is 0 Å². The monoisotopic (exact) mass is 337 g/mol. The van der Waals surface area contributed by atoms with Crippen LogP contribution in [0.4, 0.5) is 0 Å². The van der Waals surface area contributed by atoms with Crippen molar-refractivity contribution >= 4 is 17.5 Å².